The predicted molar refractivity (Wildman–Crippen MR) is 49.3 cm³/mol. The van der Waals surface area contributed by atoms with E-state index in [0.29, 0.717) is 0 Å². The van der Waals surface area contributed by atoms with E-state index in [2.05, 4.69) is 11.2 Å². The Bertz CT molecular complexity index is 203. The number of hydrogen-bond donors (Lipinski definition) is 2. The number of hydrogen-bond acceptors (Lipinski definition) is 2. The van der Waals surface area contributed by atoms with Crippen molar-refractivity contribution >= 4 is 5.91 Å². The summed E-state index contributed by atoms with van der Waals surface area (Å²) in [5.74, 6) is 2.15. The van der Waals surface area contributed by atoms with Crippen LogP contribution in [-0.2, 0) is 4.79 Å². The third-order valence-electron chi connectivity index (χ3n) is 1.76. The second-order valence-corrected chi connectivity index (χ2v) is 3.26. The van der Waals surface area contributed by atoms with E-state index in [1.807, 2.05) is 6.92 Å². The molecule has 0 bridgehead atoms. The van der Waals surface area contributed by atoms with Gasteiger partial charge in [0.2, 0.25) is 5.91 Å². The molecule has 3 nitrogen and oxygen atoms in total. The van der Waals surface area contributed by atoms with Crippen molar-refractivity contribution in [3.63, 3.8) is 0 Å². The molecule has 0 rings (SSSR count). The Hall–Kier alpha value is -1.01. The van der Waals surface area contributed by atoms with Gasteiger partial charge in [-0.15, -0.1) is 6.42 Å². The summed E-state index contributed by atoms with van der Waals surface area (Å²) < 4.78 is 0. The highest BCUT2D eigenvalue weighted by Gasteiger charge is 2.26. The molecule has 1 amide bonds. The van der Waals surface area contributed by atoms with Crippen molar-refractivity contribution in [1.82, 2.24) is 5.32 Å². The highest BCUT2D eigenvalue weighted by atomic mass is 16.1. The lowest BCUT2D eigenvalue weighted by atomic mass is 10.0. The van der Waals surface area contributed by atoms with Gasteiger partial charge < -0.3 is 5.73 Å². The number of terminal acetylenes is 1. The Morgan fingerprint density at radius 1 is 1.75 bits per heavy atom. The molecule has 0 aromatic rings. The van der Waals surface area contributed by atoms with Gasteiger partial charge >= 0.3 is 0 Å². The van der Waals surface area contributed by atoms with Crippen LogP contribution in [0.3, 0.4) is 0 Å². The van der Waals surface area contributed by atoms with E-state index >= 15 is 0 Å². The maximum atomic E-state index is 10.9. The minimum Gasteiger partial charge on any atom is -0.368 e. The molecule has 0 aliphatic carbocycles. The van der Waals surface area contributed by atoms with Crippen LogP contribution < -0.4 is 11.1 Å². The molecule has 1 unspecified atom stereocenters. The molecule has 0 aromatic heterocycles. The summed E-state index contributed by atoms with van der Waals surface area (Å²) in [6.07, 6.45) is 6.01. The lowest BCUT2D eigenvalue weighted by Gasteiger charge is -2.25. The van der Waals surface area contributed by atoms with E-state index in [1.54, 1.807) is 13.8 Å². The second-order valence-electron chi connectivity index (χ2n) is 3.26. The van der Waals surface area contributed by atoms with Crippen LogP contribution in [0.5, 0.6) is 0 Å². The Morgan fingerprint density at radius 3 is 2.50 bits per heavy atom. The molecule has 3 N–H and O–H groups in total. The van der Waals surface area contributed by atoms with Crippen LogP contribution >= 0.6 is 0 Å². The zero-order valence-corrected chi connectivity index (χ0v) is 7.85. The van der Waals surface area contributed by atoms with Crippen molar-refractivity contribution in [2.75, 3.05) is 0 Å². The third kappa shape index (κ3) is 2.93. The SMILES string of the molecule is C#CC(CC)NC(C)(C)C(N)=O. The molecular formula is C9H16N2O. The van der Waals surface area contributed by atoms with Gasteiger partial charge in [0.1, 0.15) is 0 Å². The quantitative estimate of drug-likeness (QED) is 0.591. The molecule has 0 saturated carbocycles. The number of rotatable bonds is 4. The molecule has 12 heavy (non-hydrogen) atoms. The summed E-state index contributed by atoms with van der Waals surface area (Å²) in [5, 5.41) is 2.98. The monoisotopic (exact) mass is 168 g/mol. The summed E-state index contributed by atoms with van der Waals surface area (Å²) >= 11 is 0. The van der Waals surface area contributed by atoms with E-state index < -0.39 is 11.4 Å². The molecule has 0 aliphatic rings. The highest BCUT2D eigenvalue weighted by Crippen LogP contribution is 2.03. The van der Waals surface area contributed by atoms with Crippen molar-refractivity contribution < 1.29 is 4.79 Å². The van der Waals surface area contributed by atoms with Gasteiger partial charge in [0.25, 0.3) is 0 Å². The average molecular weight is 168 g/mol. The first-order chi connectivity index (χ1) is 5.44. The van der Waals surface area contributed by atoms with Gasteiger partial charge in [-0.1, -0.05) is 12.8 Å². The number of nitrogens with one attached hydrogen (secondary N) is 1. The smallest absolute Gasteiger partial charge is 0.237 e. The Labute approximate surface area is 73.7 Å². The molecule has 0 aromatic carbocycles. The summed E-state index contributed by atoms with van der Waals surface area (Å²) in [4.78, 5) is 10.9. The van der Waals surface area contributed by atoms with Crippen LogP contribution in [0.4, 0.5) is 0 Å². The van der Waals surface area contributed by atoms with Gasteiger partial charge in [0, 0.05) is 0 Å². The van der Waals surface area contributed by atoms with Gasteiger partial charge in [-0.05, 0) is 20.3 Å². The lowest BCUT2D eigenvalue weighted by molar-refractivity contribution is -0.123. The van der Waals surface area contributed by atoms with E-state index in [1.165, 1.54) is 0 Å². The van der Waals surface area contributed by atoms with Gasteiger partial charge in [-0.25, -0.2) is 0 Å². The first-order valence-corrected chi connectivity index (χ1v) is 3.97. The number of primary amides is 1. The minimum absolute atomic E-state index is 0.0903. The molecular weight excluding hydrogens is 152 g/mol. The Morgan fingerprint density at radius 2 is 2.25 bits per heavy atom. The summed E-state index contributed by atoms with van der Waals surface area (Å²) in [6.45, 7) is 5.39. The molecule has 0 spiro atoms. The molecule has 0 saturated heterocycles. The molecule has 3 heteroatoms. The van der Waals surface area contributed by atoms with E-state index in [4.69, 9.17) is 12.2 Å². The fourth-order valence-corrected chi connectivity index (χ4v) is 0.768. The number of carbonyl (C=O) groups is 1. The molecule has 1 atom stereocenters. The van der Waals surface area contributed by atoms with Crippen molar-refractivity contribution in [1.29, 1.82) is 0 Å². The predicted octanol–water partition coefficient (Wildman–Crippen LogP) is 0.252. The fourth-order valence-electron chi connectivity index (χ4n) is 0.768. The van der Waals surface area contributed by atoms with Gasteiger partial charge in [-0.3, -0.25) is 10.1 Å². The van der Waals surface area contributed by atoms with Crippen LogP contribution in [0.1, 0.15) is 27.2 Å². The van der Waals surface area contributed by atoms with Crippen LogP contribution in [0, 0.1) is 12.3 Å². The zero-order chi connectivity index (χ0) is 9.78. The van der Waals surface area contributed by atoms with Crippen molar-refractivity contribution in [2.24, 2.45) is 5.73 Å². The average Bonchev–Trinajstić information content (AvgIpc) is 2.00. The second kappa shape index (κ2) is 4.13. The van der Waals surface area contributed by atoms with Crippen molar-refractivity contribution in [3.05, 3.63) is 0 Å². The van der Waals surface area contributed by atoms with Crippen LogP contribution in [0.2, 0.25) is 0 Å². The van der Waals surface area contributed by atoms with Crippen LogP contribution in [0.15, 0.2) is 0 Å². The fraction of sp³-hybridized carbons (Fsp3) is 0.667. The topological polar surface area (TPSA) is 55.1 Å². The highest BCUT2D eigenvalue weighted by molar-refractivity contribution is 5.83. The number of carbonyl (C=O) groups excluding carboxylic acids is 1. The summed E-state index contributed by atoms with van der Waals surface area (Å²) in [7, 11) is 0. The molecule has 0 heterocycles. The minimum atomic E-state index is -0.729. The molecule has 0 radical (unpaired) electrons. The Balaban J connectivity index is 4.24. The van der Waals surface area contributed by atoms with Crippen LogP contribution in [-0.4, -0.2) is 17.5 Å². The lowest BCUT2D eigenvalue weighted by Crippen LogP contribution is -2.54. The van der Waals surface area contributed by atoms with Crippen molar-refractivity contribution in [2.45, 2.75) is 38.8 Å². The van der Waals surface area contributed by atoms with Crippen molar-refractivity contribution in [3.8, 4) is 12.3 Å². The third-order valence-corrected chi connectivity index (χ3v) is 1.76. The standard InChI is InChI=1S/C9H16N2O/c1-5-7(6-2)11-9(3,4)8(10)12/h1,7,11H,6H2,2-4H3,(H2,10,12). The number of nitrogens with two attached hydrogens (primary N) is 1. The maximum absolute atomic E-state index is 10.9. The van der Waals surface area contributed by atoms with Gasteiger partial charge in [0.15, 0.2) is 0 Å². The van der Waals surface area contributed by atoms with E-state index in [9.17, 15) is 4.79 Å². The zero-order valence-electron chi connectivity index (χ0n) is 7.85. The molecule has 0 aliphatic heterocycles. The van der Waals surface area contributed by atoms with E-state index in [-0.39, 0.29) is 6.04 Å². The first kappa shape index (κ1) is 11.0. The van der Waals surface area contributed by atoms with E-state index in [0.717, 1.165) is 6.42 Å². The van der Waals surface area contributed by atoms with Gasteiger partial charge in [0.05, 0.1) is 11.6 Å². The molecule has 0 fully saturated rings. The van der Waals surface area contributed by atoms with Gasteiger partial charge in [-0.2, -0.15) is 0 Å². The van der Waals surface area contributed by atoms with Crippen LogP contribution in [0.25, 0.3) is 0 Å². The Kier molecular flexibility index (Phi) is 3.78. The normalized spacial score (nSPS) is 13.5. The first-order valence-electron chi connectivity index (χ1n) is 3.97. The summed E-state index contributed by atoms with van der Waals surface area (Å²) in [6, 6.07) is -0.0903. The molecule has 68 valence electrons. The largest absolute Gasteiger partial charge is 0.368 e. The summed E-state index contributed by atoms with van der Waals surface area (Å²) in [5.41, 5.74) is 4.43. The number of amides is 1. The maximum Gasteiger partial charge on any atom is 0.237 e.